The van der Waals surface area contributed by atoms with Crippen LogP contribution in [-0.2, 0) is 0 Å². The van der Waals surface area contributed by atoms with Gasteiger partial charge in [-0.25, -0.2) is 10.2 Å². The van der Waals surface area contributed by atoms with Gasteiger partial charge in [-0.1, -0.05) is 41.4 Å². The van der Waals surface area contributed by atoms with Gasteiger partial charge in [0.1, 0.15) is 0 Å². The van der Waals surface area contributed by atoms with Crippen LogP contribution in [0.4, 0.5) is 0 Å². The van der Waals surface area contributed by atoms with Crippen LogP contribution in [-0.4, -0.2) is 24.7 Å². The molecule has 0 bridgehead atoms. The van der Waals surface area contributed by atoms with Gasteiger partial charge in [-0.15, -0.1) is 0 Å². The Hall–Kier alpha value is -3.35. The lowest BCUT2D eigenvalue weighted by atomic mass is 10.2. The van der Waals surface area contributed by atoms with Crippen molar-refractivity contribution in [2.24, 2.45) is 5.10 Å². The number of hydrogen-bond donors (Lipinski definition) is 1. The zero-order chi connectivity index (χ0) is 22.2. The summed E-state index contributed by atoms with van der Waals surface area (Å²) in [6.45, 7) is 2.17. The van der Waals surface area contributed by atoms with Crippen LogP contribution in [0, 0.1) is 0 Å². The minimum Gasteiger partial charge on any atom is -0.490 e. The summed E-state index contributed by atoms with van der Waals surface area (Å²) >= 11 is 11.9. The SMILES string of the molecule is CCOc1cc(/C=N/NC(=O)c2ccccc2)ccc1OC(=O)c1ccc(Cl)cc1Cl. The molecule has 0 heterocycles. The number of benzene rings is 3. The Morgan fingerprint density at radius 2 is 1.77 bits per heavy atom. The first-order chi connectivity index (χ1) is 15.0. The largest absolute Gasteiger partial charge is 0.490 e. The molecule has 158 valence electrons. The standard InChI is InChI=1S/C23H18Cl2N2O4/c1-2-30-21-12-15(14-26-27-22(28)16-6-4-3-5-7-16)8-11-20(21)31-23(29)18-10-9-17(24)13-19(18)25/h3-14H,2H2,1H3,(H,27,28)/b26-14+. The summed E-state index contributed by atoms with van der Waals surface area (Å²) in [4.78, 5) is 24.5. The van der Waals surface area contributed by atoms with Crippen LogP contribution >= 0.6 is 23.2 Å². The Bertz CT molecular complexity index is 1120. The molecule has 8 heteroatoms. The van der Waals surface area contributed by atoms with Crippen molar-refractivity contribution in [2.45, 2.75) is 6.92 Å². The molecule has 0 saturated carbocycles. The van der Waals surface area contributed by atoms with E-state index in [0.717, 1.165) is 0 Å². The number of esters is 1. The first-order valence-electron chi connectivity index (χ1n) is 9.30. The number of rotatable bonds is 7. The van der Waals surface area contributed by atoms with Crippen molar-refractivity contribution in [3.05, 3.63) is 93.5 Å². The Kier molecular flexibility index (Phi) is 7.65. The van der Waals surface area contributed by atoms with E-state index in [-0.39, 0.29) is 22.2 Å². The van der Waals surface area contributed by atoms with E-state index in [9.17, 15) is 9.59 Å². The second-order valence-electron chi connectivity index (χ2n) is 6.22. The van der Waals surface area contributed by atoms with Crippen molar-refractivity contribution >= 4 is 41.3 Å². The predicted octanol–water partition coefficient (Wildman–Crippen LogP) is 5.38. The molecule has 0 fully saturated rings. The Morgan fingerprint density at radius 1 is 1.00 bits per heavy atom. The number of halogens is 2. The molecule has 0 unspecified atom stereocenters. The number of amides is 1. The van der Waals surface area contributed by atoms with Crippen molar-refractivity contribution in [1.29, 1.82) is 0 Å². The van der Waals surface area contributed by atoms with E-state index in [4.69, 9.17) is 32.7 Å². The monoisotopic (exact) mass is 456 g/mol. The first-order valence-corrected chi connectivity index (χ1v) is 10.1. The fraction of sp³-hybridized carbons (Fsp3) is 0.0870. The van der Waals surface area contributed by atoms with E-state index in [2.05, 4.69) is 10.5 Å². The van der Waals surface area contributed by atoms with Crippen LogP contribution in [0.3, 0.4) is 0 Å². The number of ether oxygens (including phenoxy) is 2. The average molecular weight is 457 g/mol. The van der Waals surface area contributed by atoms with Gasteiger partial charge in [0.05, 0.1) is 23.4 Å². The van der Waals surface area contributed by atoms with E-state index < -0.39 is 5.97 Å². The molecule has 0 aromatic heterocycles. The maximum atomic E-state index is 12.5. The molecule has 0 atom stereocenters. The molecule has 0 aliphatic heterocycles. The Labute approximate surface area is 189 Å². The van der Waals surface area contributed by atoms with Crippen LogP contribution in [0.15, 0.2) is 71.8 Å². The van der Waals surface area contributed by atoms with Crippen LogP contribution in [0.25, 0.3) is 0 Å². The molecule has 3 rings (SSSR count). The summed E-state index contributed by atoms with van der Waals surface area (Å²) in [6.07, 6.45) is 1.46. The van der Waals surface area contributed by atoms with Gasteiger partial charge in [-0.05, 0) is 61.0 Å². The molecule has 0 aliphatic rings. The van der Waals surface area contributed by atoms with Crippen molar-refractivity contribution in [1.82, 2.24) is 5.43 Å². The normalized spacial score (nSPS) is 10.7. The summed E-state index contributed by atoms with van der Waals surface area (Å²) in [5.74, 6) is -0.394. The van der Waals surface area contributed by atoms with Crippen molar-refractivity contribution < 1.29 is 19.1 Å². The van der Waals surface area contributed by atoms with Gasteiger partial charge in [0, 0.05) is 10.6 Å². The molecule has 31 heavy (non-hydrogen) atoms. The highest BCUT2D eigenvalue weighted by molar-refractivity contribution is 6.36. The summed E-state index contributed by atoms with van der Waals surface area (Å²) in [5.41, 5.74) is 3.78. The third-order valence-electron chi connectivity index (χ3n) is 4.04. The molecule has 0 aliphatic carbocycles. The zero-order valence-electron chi connectivity index (χ0n) is 16.5. The summed E-state index contributed by atoms with van der Waals surface area (Å²) in [5, 5.41) is 4.56. The molecule has 6 nitrogen and oxygen atoms in total. The van der Waals surface area contributed by atoms with Crippen LogP contribution in [0.2, 0.25) is 10.0 Å². The van der Waals surface area contributed by atoms with Crippen LogP contribution in [0.1, 0.15) is 33.2 Å². The molecule has 3 aromatic rings. The Morgan fingerprint density at radius 3 is 2.48 bits per heavy atom. The van der Waals surface area contributed by atoms with Gasteiger partial charge in [-0.2, -0.15) is 5.10 Å². The fourth-order valence-electron chi connectivity index (χ4n) is 2.59. The van der Waals surface area contributed by atoms with Gasteiger partial charge in [0.15, 0.2) is 11.5 Å². The minimum absolute atomic E-state index is 0.183. The van der Waals surface area contributed by atoms with Crippen molar-refractivity contribution in [2.75, 3.05) is 6.61 Å². The third-order valence-corrected chi connectivity index (χ3v) is 4.58. The number of hydrazone groups is 1. The number of nitrogens with one attached hydrogen (secondary N) is 1. The first kappa shape index (κ1) is 22.3. The molecular formula is C23H18Cl2N2O4. The number of carbonyl (C=O) groups excluding carboxylic acids is 2. The minimum atomic E-state index is -0.640. The van der Waals surface area contributed by atoms with E-state index in [1.54, 1.807) is 48.5 Å². The van der Waals surface area contributed by atoms with Crippen molar-refractivity contribution in [3.63, 3.8) is 0 Å². The molecule has 1 N–H and O–H groups in total. The molecule has 3 aromatic carbocycles. The maximum absolute atomic E-state index is 12.5. The Balaban J connectivity index is 1.73. The second kappa shape index (κ2) is 10.6. The highest BCUT2D eigenvalue weighted by Gasteiger charge is 2.16. The molecule has 0 saturated heterocycles. The van der Waals surface area contributed by atoms with E-state index in [1.165, 1.54) is 18.3 Å². The highest BCUT2D eigenvalue weighted by atomic mass is 35.5. The predicted molar refractivity (Wildman–Crippen MR) is 121 cm³/mol. The average Bonchev–Trinajstić information content (AvgIpc) is 2.76. The smallest absolute Gasteiger partial charge is 0.345 e. The lowest BCUT2D eigenvalue weighted by Crippen LogP contribution is -2.17. The third kappa shape index (κ3) is 6.07. The highest BCUT2D eigenvalue weighted by Crippen LogP contribution is 2.30. The van der Waals surface area contributed by atoms with Gasteiger partial charge in [-0.3, -0.25) is 4.79 Å². The molecule has 0 spiro atoms. The molecule has 1 amide bonds. The van der Waals surface area contributed by atoms with Gasteiger partial charge in [0.2, 0.25) is 0 Å². The van der Waals surface area contributed by atoms with Crippen molar-refractivity contribution in [3.8, 4) is 11.5 Å². The van der Waals surface area contributed by atoms with Crippen LogP contribution in [0.5, 0.6) is 11.5 Å². The fourth-order valence-corrected chi connectivity index (χ4v) is 3.07. The van der Waals surface area contributed by atoms with E-state index in [1.807, 2.05) is 13.0 Å². The second-order valence-corrected chi connectivity index (χ2v) is 7.06. The van der Waals surface area contributed by atoms with Gasteiger partial charge >= 0.3 is 5.97 Å². The molecule has 0 radical (unpaired) electrons. The lowest BCUT2D eigenvalue weighted by molar-refractivity contribution is 0.0728. The summed E-state index contributed by atoms with van der Waals surface area (Å²) in [6, 6.07) is 18.1. The van der Waals surface area contributed by atoms with Crippen LogP contribution < -0.4 is 14.9 Å². The summed E-state index contributed by atoms with van der Waals surface area (Å²) < 4.78 is 11.0. The quantitative estimate of drug-likeness (QED) is 0.224. The van der Waals surface area contributed by atoms with E-state index >= 15 is 0 Å². The molecular weight excluding hydrogens is 439 g/mol. The number of hydrogen-bond acceptors (Lipinski definition) is 5. The summed E-state index contributed by atoms with van der Waals surface area (Å²) in [7, 11) is 0. The topological polar surface area (TPSA) is 77.0 Å². The number of nitrogens with zero attached hydrogens (tertiary/aromatic N) is 1. The number of carbonyl (C=O) groups is 2. The van der Waals surface area contributed by atoms with Gasteiger partial charge < -0.3 is 9.47 Å². The van der Waals surface area contributed by atoms with E-state index in [0.29, 0.717) is 28.5 Å². The maximum Gasteiger partial charge on any atom is 0.345 e. The van der Waals surface area contributed by atoms with Gasteiger partial charge in [0.25, 0.3) is 5.91 Å². The zero-order valence-corrected chi connectivity index (χ0v) is 18.0. The lowest BCUT2D eigenvalue weighted by Gasteiger charge is -2.12.